The Labute approximate surface area is 146 Å². The van der Waals surface area contributed by atoms with Crippen LogP contribution in [0.5, 0.6) is 17.2 Å². The summed E-state index contributed by atoms with van der Waals surface area (Å²) < 4.78 is 11.1. The van der Waals surface area contributed by atoms with E-state index in [9.17, 15) is 9.90 Å². The van der Waals surface area contributed by atoms with Gasteiger partial charge in [-0.2, -0.15) is 0 Å². The van der Waals surface area contributed by atoms with Crippen molar-refractivity contribution < 1.29 is 19.4 Å². The molecule has 3 rings (SSSR count). The summed E-state index contributed by atoms with van der Waals surface area (Å²) in [5.41, 5.74) is 2.70. The number of ketones is 1. The molecule has 0 spiro atoms. The van der Waals surface area contributed by atoms with Crippen LogP contribution in [0.25, 0.3) is 6.08 Å². The van der Waals surface area contributed by atoms with Gasteiger partial charge in [-0.05, 0) is 36.8 Å². The third-order valence-corrected chi connectivity index (χ3v) is 3.97. The number of phenols is 1. The molecule has 0 heterocycles. The minimum atomic E-state index is -0.0588. The number of aromatic hydroxyl groups is 1. The molecule has 4 heteroatoms. The number of carbonyl (C=O) groups is 1. The van der Waals surface area contributed by atoms with E-state index in [1.54, 1.807) is 24.3 Å². The second kappa shape index (κ2) is 7.14. The van der Waals surface area contributed by atoms with Crippen LogP contribution in [0.15, 0.2) is 42.0 Å². The lowest BCUT2D eigenvalue weighted by Crippen LogP contribution is -2.00. The summed E-state index contributed by atoms with van der Waals surface area (Å²) in [6.45, 7) is 2.54. The molecule has 0 aromatic heterocycles. The molecule has 2 aromatic carbocycles. The Kier molecular flexibility index (Phi) is 4.76. The molecule has 0 saturated carbocycles. The molecule has 4 nitrogen and oxygen atoms in total. The Morgan fingerprint density at radius 2 is 2.08 bits per heavy atom. The van der Waals surface area contributed by atoms with Gasteiger partial charge in [0.25, 0.3) is 0 Å². The SMILES string of the molecule is C#CCOc1ccc(/C=C2\Cc3c(O)cccc3C2=O)cc1OCC. The molecule has 0 fully saturated rings. The third-order valence-electron chi connectivity index (χ3n) is 3.97. The van der Waals surface area contributed by atoms with Crippen molar-refractivity contribution in [3.05, 3.63) is 58.7 Å². The van der Waals surface area contributed by atoms with E-state index < -0.39 is 0 Å². The van der Waals surface area contributed by atoms with Crippen LogP contribution in [0.2, 0.25) is 0 Å². The van der Waals surface area contributed by atoms with Crippen molar-refractivity contribution in [2.75, 3.05) is 13.2 Å². The predicted molar refractivity (Wildman–Crippen MR) is 96.1 cm³/mol. The van der Waals surface area contributed by atoms with E-state index in [-0.39, 0.29) is 18.1 Å². The number of carbonyl (C=O) groups excluding carboxylic acids is 1. The number of Topliss-reactive ketones (excluding diaryl/α,β-unsaturated/α-hetero) is 1. The van der Waals surface area contributed by atoms with Gasteiger partial charge in [0.05, 0.1) is 6.61 Å². The average Bonchev–Trinajstić information content (AvgIpc) is 2.92. The number of phenolic OH excluding ortho intramolecular Hbond substituents is 1. The fourth-order valence-corrected chi connectivity index (χ4v) is 2.86. The normalized spacial score (nSPS) is 14.2. The number of allylic oxidation sites excluding steroid dienone is 1. The van der Waals surface area contributed by atoms with E-state index in [0.717, 1.165) is 5.56 Å². The van der Waals surface area contributed by atoms with Crippen LogP contribution >= 0.6 is 0 Å². The van der Waals surface area contributed by atoms with Crippen LogP contribution < -0.4 is 9.47 Å². The lowest BCUT2D eigenvalue weighted by atomic mass is 10.1. The molecule has 0 bridgehead atoms. The molecule has 0 aliphatic heterocycles. The Morgan fingerprint density at radius 1 is 1.24 bits per heavy atom. The highest BCUT2D eigenvalue weighted by Gasteiger charge is 2.26. The van der Waals surface area contributed by atoms with E-state index in [1.165, 1.54) is 0 Å². The highest BCUT2D eigenvalue weighted by molar-refractivity contribution is 6.16. The van der Waals surface area contributed by atoms with Crippen molar-refractivity contribution in [1.29, 1.82) is 0 Å². The largest absolute Gasteiger partial charge is 0.508 e. The first kappa shape index (κ1) is 16.7. The molecule has 126 valence electrons. The van der Waals surface area contributed by atoms with Gasteiger partial charge in [0.15, 0.2) is 17.3 Å². The van der Waals surface area contributed by atoms with Crippen molar-refractivity contribution in [2.45, 2.75) is 13.3 Å². The molecular formula is C21H18O4. The number of terminal acetylenes is 1. The molecular weight excluding hydrogens is 316 g/mol. The summed E-state index contributed by atoms with van der Waals surface area (Å²) in [6.07, 6.45) is 7.46. The highest BCUT2D eigenvalue weighted by atomic mass is 16.5. The zero-order valence-electron chi connectivity index (χ0n) is 13.9. The van der Waals surface area contributed by atoms with Gasteiger partial charge in [0.2, 0.25) is 0 Å². The van der Waals surface area contributed by atoms with E-state index in [4.69, 9.17) is 15.9 Å². The Balaban J connectivity index is 1.92. The quantitative estimate of drug-likeness (QED) is 0.670. The molecule has 0 amide bonds. The number of fused-ring (bicyclic) bond motifs is 1. The van der Waals surface area contributed by atoms with E-state index in [2.05, 4.69) is 5.92 Å². The third kappa shape index (κ3) is 3.36. The minimum Gasteiger partial charge on any atom is -0.508 e. The topological polar surface area (TPSA) is 55.8 Å². The molecule has 0 saturated heterocycles. The number of ether oxygens (including phenoxy) is 2. The van der Waals surface area contributed by atoms with Crippen LogP contribution in [0.3, 0.4) is 0 Å². The maximum Gasteiger partial charge on any atom is 0.189 e. The van der Waals surface area contributed by atoms with Gasteiger partial charge in [0.1, 0.15) is 12.4 Å². The van der Waals surface area contributed by atoms with Crippen molar-refractivity contribution in [2.24, 2.45) is 0 Å². The predicted octanol–water partition coefficient (Wildman–Crippen LogP) is 3.63. The van der Waals surface area contributed by atoms with Crippen LogP contribution in [-0.2, 0) is 6.42 Å². The van der Waals surface area contributed by atoms with Gasteiger partial charge in [-0.1, -0.05) is 24.1 Å². The fourth-order valence-electron chi connectivity index (χ4n) is 2.86. The summed E-state index contributed by atoms with van der Waals surface area (Å²) in [7, 11) is 0. The van der Waals surface area contributed by atoms with Gasteiger partial charge < -0.3 is 14.6 Å². The van der Waals surface area contributed by atoms with Crippen molar-refractivity contribution >= 4 is 11.9 Å². The summed E-state index contributed by atoms with van der Waals surface area (Å²) in [4.78, 5) is 12.5. The zero-order valence-corrected chi connectivity index (χ0v) is 13.9. The number of rotatable bonds is 5. The smallest absolute Gasteiger partial charge is 0.189 e. The Bertz CT molecular complexity index is 887. The van der Waals surface area contributed by atoms with Crippen molar-refractivity contribution in [3.8, 4) is 29.6 Å². The zero-order chi connectivity index (χ0) is 17.8. The number of hydrogen-bond donors (Lipinski definition) is 1. The summed E-state index contributed by atoms with van der Waals surface area (Å²) >= 11 is 0. The Hall–Kier alpha value is -3.19. The average molecular weight is 334 g/mol. The first-order valence-electron chi connectivity index (χ1n) is 8.03. The van der Waals surface area contributed by atoms with Gasteiger partial charge in [-0.3, -0.25) is 4.79 Å². The first-order valence-corrected chi connectivity index (χ1v) is 8.03. The molecule has 2 aromatic rings. The molecule has 0 unspecified atom stereocenters. The van der Waals surface area contributed by atoms with Gasteiger partial charge >= 0.3 is 0 Å². The Morgan fingerprint density at radius 3 is 2.80 bits per heavy atom. The van der Waals surface area contributed by atoms with Gasteiger partial charge in [0, 0.05) is 23.1 Å². The highest BCUT2D eigenvalue weighted by Crippen LogP contribution is 2.35. The van der Waals surface area contributed by atoms with Crippen LogP contribution in [0.4, 0.5) is 0 Å². The second-order valence-corrected chi connectivity index (χ2v) is 5.61. The molecule has 0 atom stereocenters. The first-order chi connectivity index (χ1) is 12.1. The molecule has 25 heavy (non-hydrogen) atoms. The van der Waals surface area contributed by atoms with E-state index >= 15 is 0 Å². The summed E-state index contributed by atoms with van der Waals surface area (Å²) in [6, 6.07) is 10.5. The molecule has 1 aliphatic carbocycles. The van der Waals surface area contributed by atoms with Crippen LogP contribution in [0, 0.1) is 12.3 Å². The minimum absolute atomic E-state index is 0.0588. The fraction of sp³-hybridized carbons (Fsp3) is 0.190. The maximum absolute atomic E-state index is 12.5. The van der Waals surface area contributed by atoms with Gasteiger partial charge in [-0.25, -0.2) is 0 Å². The van der Waals surface area contributed by atoms with Crippen molar-refractivity contribution in [1.82, 2.24) is 0 Å². The number of benzene rings is 2. The van der Waals surface area contributed by atoms with Crippen LogP contribution in [-0.4, -0.2) is 24.1 Å². The summed E-state index contributed by atoms with van der Waals surface area (Å²) in [5.74, 6) is 3.67. The lowest BCUT2D eigenvalue weighted by Gasteiger charge is -2.11. The maximum atomic E-state index is 12.5. The molecule has 1 N–H and O–H groups in total. The standard InChI is InChI=1S/C21H18O4/c1-3-10-25-19-9-8-14(12-20(19)24-4-2)11-15-13-17-16(21(15)23)6-5-7-18(17)22/h1,5-9,11-12,22H,4,10,13H2,2H3/b15-11+. The lowest BCUT2D eigenvalue weighted by molar-refractivity contribution is 0.104. The van der Waals surface area contributed by atoms with Crippen LogP contribution in [0.1, 0.15) is 28.4 Å². The second-order valence-electron chi connectivity index (χ2n) is 5.61. The molecule has 0 radical (unpaired) electrons. The van der Waals surface area contributed by atoms with Crippen molar-refractivity contribution in [3.63, 3.8) is 0 Å². The van der Waals surface area contributed by atoms with Gasteiger partial charge in [-0.15, -0.1) is 6.42 Å². The number of hydrogen-bond acceptors (Lipinski definition) is 4. The monoisotopic (exact) mass is 334 g/mol. The van der Waals surface area contributed by atoms with E-state index in [1.807, 2.05) is 25.1 Å². The van der Waals surface area contributed by atoms with E-state index in [0.29, 0.717) is 41.2 Å². The summed E-state index contributed by atoms with van der Waals surface area (Å²) in [5, 5.41) is 9.93. The molecule has 1 aliphatic rings.